The number of rotatable bonds is 4. The summed E-state index contributed by atoms with van der Waals surface area (Å²) in [5.74, 6) is 1.40. The van der Waals surface area contributed by atoms with Crippen LogP contribution < -0.4 is 4.74 Å². The van der Waals surface area contributed by atoms with E-state index in [0.717, 1.165) is 12.2 Å². The van der Waals surface area contributed by atoms with Gasteiger partial charge in [0.15, 0.2) is 0 Å². The van der Waals surface area contributed by atoms with Crippen LogP contribution in [0.15, 0.2) is 54.6 Å². The average molecular weight is 368 g/mol. The molecule has 1 fully saturated rings. The first-order valence-electron chi connectivity index (χ1n) is 9.21. The van der Waals surface area contributed by atoms with Crippen LogP contribution in [0.1, 0.15) is 23.7 Å². The highest BCUT2D eigenvalue weighted by Gasteiger charge is 2.23. The number of benzene rings is 2. The smallest absolute Gasteiger partial charge is 0.409 e. The second-order valence-corrected chi connectivity index (χ2v) is 6.27. The molecule has 1 saturated heterocycles. The molecule has 0 spiro atoms. The van der Waals surface area contributed by atoms with Gasteiger partial charge < -0.3 is 19.3 Å². The highest BCUT2D eigenvalue weighted by Crippen LogP contribution is 2.21. The summed E-state index contributed by atoms with van der Waals surface area (Å²) in [6, 6.07) is 16.6. The molecule has 6 nitrogen and oxygen atoms in total. The predicted molar refractivity (Wildman–Crippen MR) is 102 cm³/mol. The van der Waals surface area contributed by atoms with Crippen molar-refractivity contribution >= 4 is 12.0 Å². The molecule has 0 atom stereocenters. The Morgan fingerprint density at radius 1 is 0.852 bits per heavy atom. The number of ether oxygens (including phenoxy) is 2. The van der Waals surface area contributed by atoms with Crippen LogP contribution in [0.3, 0.4) is 0 Å². The third-order valence-corrected chi connectivity index (χ3v) is 4.39. The van der Waals surface area contributed by atoms with E-state index in [1.54, 1.807) is 41.0 Å². The maximum atomic E-state index is 12.8. The highest BCUT2D eigenvalue weighted by molar-refractivity contribution is 5.94. The summed E-state index contributed by atoms with van der Waals surface area (Å²) in [6.07, 6.45) is 0.425. The number of hydrogen-bond acceptors (Lipinski definition) is 4. The van der Waals surface area contributed by atoms with Crippen molar-refractivity contribution in [2.45, 2.75) is 13.3 Å². The van der Waals surface area contributed by atoms with Gasteiger partial charge in [0.1, 0.15) is 11.5 Å². The molecule has 2 aromatic carbocycles. The van der Waals surface area contributed by atoms with Gasteiger partial charge in [-0.2, -0.15) is 0 Å². The molecule has 2 amide bonds. The lowest BCUT2D eigenvalue weighted by molar-refractivity contribution is 0.0753. The highest BCUT2D eigenvalue weighted by atomic mass is 16.6. The van der Waals surface area contributed by atoms with Crippen molar-refractivity contribution in [3.8, 4) is 11.5 Å². The van der Waals surface area contributed by atoms with Gasteiger partial charge in [-0.05, 0) is 49.7 Å². The molecule has 27 heavy (non-hydrogen) atoms. The van der Waals surface area contributed by atoms with E-state index in [1.165, 1.54) is 0 Å². The molecule has 0 radical (unpaired) electrons. The van der Waals surface area contributed by atoms with E-state index in [1.807, 2.05) is 30.3 Å². The summed E-state index contributed by atoms with van der Waals surface area (Å²) in [6.45, 7) is 4.36. The Bertz CT molecular complexity index is 762. The van der Waals surface area contributed by atoms with E-state index < -0.39 is 0 Å². The largest absolute Gasteiger partial charge is 0.457 e. The van der Waals surface area contributed by atoms with Crippen LogP contribution in [-0.2, 0) is 4.74 Å². The van der Waals surface area contributed by atoms with Gasteiger partial charge in [0, 0.05) is 31.7 Å². The zero-order valence-electron chi connectivity index (χ0n) is 15.5. The summed E-state index contributed by atoms with van der Waals surface area (Å²) < 4.78 is 10.8. The molecule has 1 aliphatic rings. The minimum Gasteiger partial charge on any atom is -0.457 e. The SMILES string of the molecule is CCOC(=O)N1CCCN(C(=O)c2ccc(Oc3ccccc3)cc2)CC1. The van der Waals surface area contributed by atoms with E-state index in [2.05, 4.69) is 0 Å². The molecule has 3 rings (SSSR count). The summed E-state index contributed by atoms with van der Waals surface area (Å²) in [7, 11) is 0. The zero-order chi connectivity index (χ0) is 19.1. The predicted octanol–water partition coefficient (Wildman–Crippen LogP) is 3.78. The lowest BCUT2D eigenvalue weighted by Gasteiger charge is -2.22. The van der Waals surface area contributed by atoms with Gasteiger partial charge >= 0.3 is 6.09 Å². The number of nitrogens with zero attached hydrogens (tertiary/aromatic N) is 2. The van der Waals surface area contributed by atoms with Crippen molar-refractivity contribution in [2.24, 2.45) is 0 Å². The second-order valence-electron chi connectivity index (χ2n) is 6.27. The van der Waals surface area contributed by atoms with Gasteiger partial charge in [-0.1, -0.05) is 18.2 Å². The molecule has 0 bridgehead atoms. The van der Waals surface area contributed by atoms with Crippen molar-refractivity contribution in [3.05, 3.63) is 60.2 Å². The van der Waals surface area contributed by atoms with Gasteiger partial charge in [-0.15, -0.1) is 0 Å². The molecular weight excluding hydrogens is 344 g/mol. The second kappa shape index (κ2) is 9.07. The Labute approximate surface area is 159 Å². The minimum atomic E-state index is -0.311. The lowest BCUT2D eigenvalue weighted by atomic mass is 10.2. The Kier molecular flexibility index (Phi) is 6.30. The molecule has 6 heteroatoms. The average Bonchev–Trinajstić information content (AvgIpc) is 2.95. The van der Waals surface area contributed by atoms with E-state index in [-0.39, 0.29) is 12.0 Å². The van der Waals surface area contributed by atoms with E-state index >= 15 is 0 Å². The number of amides is 2. The van der Waals surface area contributed by atoms with Gasteiger partial charge in [-0.3, -0.25) is 4.79 Å². The monoisotopic (exact) mass is 368 g/mol. The summed E-state index contributed by atoms with van der Waals surface area (Å²) in [5.41, 5.74) is 0.611. The molecule has 0 N–H and O–H groups in total. The van der Waals surface area contributed by atoms with Crippen LogP contribution >= 0.6 is 0 Å². The van der Waals surface area contributed by atoms with Crippen LogP contribution in [0.25, 0.3) is 0 Å². The third-order valence-electron chi connectivity index (χ3n) is 4.39. The van der Waals surface area contributed by atoms with Gasteiger partial charge in [0.05, 0.1) is 6.61 Å². The van der Waals surface area contributed by atoms with Gasteiger partial charge in [0.25, 0.3) is 5.91 Å². The Morgan fingerprint density at radius 3 is 2.19 bits per heavy atom. The maximum absolute atomic E-state index is 12.8. The lowest BCUT2D eigenvalue weighted by Crippen LogP contribution is -2.37. The fourth-order valence-corrected chi connectivity index (χ4v) is 2.99. The third kappa shape index (κ3) is 5.00. The first-order valence-corrected chi connectivity index (χ1v) is 9.21. The quantitative estimate of drug-likeness (QED) is 0.824. The zero-order valence-corrected chi connectivity index (χ0v) is 15.5. The molecule has 142 valence electrons. The summed E-state index contributed by atoms with van der Waals surface area (Å²) >= 11 is 0. The fourth-order valence-electron chi connectivity index (χ4n) is 2.99. The number of para-hydroxylation sites is 1. The molecule has 1 heterocycles. The standard InChI is InChI=1S/C21H24N2O4/c1-2-26-21(25)23-14-6-13-22(15-16-23)20(24)17-9-11-19(12-10-17)27-18-7-4-3-5-8-18/h3-5,7-12H,2,6,13-16H2,1H3. The molecular formula is C21H24N2O4. The van der Waals surface area contributed by atoms with E-state index in [4.69, 9.17) is 9.47 Å². The first kappa shape index (κ1) is 18.8. The number of carbonyl (C=O) groups is 2. The Hall–Kier alpha value is -3.02. The number of hydrogen-bond donors (Lipinski definition) is 0. The maximum Gasteiger partial charge on any atom is 0.409 e. The van der Waals surface area contributed by atoms with Crippen LogP contribution in [0.5, 0.6) is 11.5 Å². The fraction of sp³-hybridized carbons (Fsp3) is 0.333. The first-order chi connectivity index (χ1) is 13.2. The van der Waals surface area contributed by atoms with Crippen molar-refractivity contribution in [1.29, 1.82) is 0 Å². The van der Waals surface area contributed by atoms with Crippen LogP contribution in [0.4, 0.5) is 4.79 Å². The van der Waals surface area contributed by atoms with Gasteiger partial charge in [0.2, 0.25) is 0 Å². The normalized spacial score (nSPS) is 14.4. The molecule has 2 aromatic rings. The number of carbonyl (C=O) groups excluding carboxylic acids is 2. The summed E-state index contributed by atoms with van der Waals surface area (Å²) in [4.78, 5) is 28.1. The summed E-state index contributed by atoms with van der Waals surface area (Å²) in [5, 5.41) is 0. The molecule has 0 aliphatic carbocycles. The molecule has 0 aromatic heterocycles. The van der Waals surface area contributed by atoms with Crippen molar-refractivity contribution in [3.63, 3.8) is 0 Å². The van der Waals surface area contributed by atoms with Crippen molar-refractivity contribution in [1.82, 2.24) is 9.80 Å². The molecule has 1 aliphatic heterocycles. The van der Waals surface area contributed by atoms with Gasteiger partial charge in [-0.25, -0.2) is 4.79 Å². The van der Waals surface area contributed by atoms with Crippen molar-refractivity contribution in [2.75, 3.05) is 32.8 Å². The minimum absolute atomic E-state index is 0.0352. The van der Waals surface area contributed by atoms with E-state index in [9.17, 15) is 9.59 Å². The van der Waals surface area contributed by atoms with Crippen LogP contribution in [-0.4, -0.2) is 54.6 Å². The van der Waals surface area contributed by atoms with E-state index in [0.29, 0.717) is 44.1 Å². The Morgan fingerprint density at radius 2 is 1.48 bits per heavy atom. The molecule has 0 unspecified atom stereocenters. The van der Waals surface area contributed by atoms with Crippen molar-refractivity contribution < 1.29 is 19.1 Å². The van der Waals surface area contributed by atoms with Crippen LogP contribution in [0.2, 0.25) is 0 Å². The molecule has 0 saturated carbocycles. The topological polar surface area (TPSA) is 59.1 Å². The van der Waals surface area contributed by atoms with Crippen LogP contribution in [0, 0.1) is 0 Å². The Balaban J connectivity index is 1.59.